The van der Waals surface area contributed by atoms with Crippen LogP contribution < -0.4 is 5.32 Å². The van der Waals surface area contributed by atoms with Crippen LogP contribution in [0.1, 0.15) is 12.8 Å². The molecule has 1 amide bonds. The lowest BCUT2D eigenvalue weighted by Gasteiger charge is -2.12. The number of rotatable bonds is 8. The maximum Gasteiger partial charge on any atom is 0.332 e. The van der Waals surface area contributed by atoms with Gasteiger partial charge in [-0.25, -0.2) is 4.79 Å². The summed E-state index contributed by atoms with van der Waals surface area (Å²) in [5.74, 6) is 0.182. The highest BCUT2D eigenvalue weighted by Crippen LogP contribution is 2.19. The lowest BCUT2D eigenvalue weighted by Crippen LogP contribution is -2.34. The molecule has 0 aliphatic carbocycles. The number of hydrogen-bond donors (Lipinski definition) is 2. The number of thioether (sulfide) groups is 1. The van der Waals surface area contributed by atoms with E-state index in [9.17, 15) is 9.59 Å². The Morgan fingerprint density at radius 1 is 1.50 bits per heavy atom. The summed E-state index contributed by atoms with van der Waals surface area (Å²) in [7, 11) is 1.62. The molecule has 0 aromatic heterocycles. The molecule has 1 rings (SSSR count). The predicted octanol–water partition coefficient (Wildman–Crippen LogP) is 0.114. The Hall–Kier alpha value is -0.790. The molecule has 6 nitrogen and oxygen atoms in total. The number of carboxylic acids is 1. The molecule has 1 heterocycles. The predicted molar refractivity (Wildman–Crippen MR) is 67.7 cm³/mol. The first-order valence-electron chi connectivity index (χ1n) is 5.85. The molecule has 1 saturated heterocycles. The van der Waals surface area contributed by atoms with E-state index in [4.69, 9.17) is 14.6 Å². The fourth-order valence-electron chi connectivity index (χ4n) is 1.62. The third-order valence-corrected chi connectivity index (χ3v) is 3.50. The van der Waals surface area contributed by atoms with E-state index in [1.807, 2.05) is 0 Å². The fraction of sp³-hybridized carbons (Fsp3) is 0.818. The lowest BCUT2D eigenvalue weighted by atomic mass is 10.2. The Morgan fingerprint density at radius 3 is 2.89 bits per heavy atom. The van der Waals surface area contributed by atoms with Crippen molar-refractivity contribution < 1.29 is 24.2 Å². The first-order chi connectivity index (χ1) is 8.63. The van der Waals surface area contributed by atoms with Crippen molar-refractivity contribution in [3.8, 4) is 0 Å². The molecular formula is C11H19NO5S. The van der Waals surface area contributed by atoms with Crippen molar-refractivity contribution in [2.45, 2.75) is 25.0 Å². The number of methoxy groups -OCH3 is 1. The molecule has 2 atom stereocenters. The molecular weight excluding hydrogens is 258 g/mol. The first kappa shape index (κ1) is 15.3. The van der Waals surface area contributed by atoms with Crippen molar-refractivity contribution in [3.05, 3.63) is 0 Å². The fourth-order valence-corrected chi connectivity index (χ4v) is 2.34. The summed E-state index contributed by atoms with van der Waals surface area (Å²) in [6, 6.07) is 0. The summed E-state index contributed by atoms with van der Waals surface area (Å²) in [5.41, 5.74) is 0. The zero-order valence-electron chi connectivity index (χ0n) is 10.4. The molecule has 7 heteroatoms. The molecule has 0 aromatic rings. The van der Waals surface area contributed by atoms with Crippen LogP contribution in [-0.4, -0.2) is 61.0 Å². The standard InChI is InChI=1S/C11H19NO5S/c1-16-4-5-18-7-10(13)12-6-8-2-3-9(17-8)11(14)15/h8-9H,2-7H2,1H3,(H,12,13)(H,14,15). The molecule has 1 aliphatic rings. The number of carbonyl (C=O) groups excluding carboxylic acids is 1. The number of amides is 1. The van der Waals surface area contributed by atoms with E-state index in [1.54, 1.807) is 7.11 Å². The summed E-state index contributed by atoms with van der Waals surface area (Å²) in [5, 5.41) is 11.5. The van der Waals surface area contributed by atoms with Gasteiger partial charge in [0.15, 0.2) is 6.10 Å². The largest absolute Gasteiger partial charge is 0.479 e. The van der Waals surface area contributed by atoms with Gasteiger partial charge in [0.2, 0.25) is 5.91 Å². The third-order valence-electron chi connectivity index (χ3n) is 2.57. The van der Waals surface area contributed by atoms with Crippen molar-refractivity contribution >= 4 is 23.6 Å². The first-order valence-corrected chi connectivity index (χ1v) is 7.00. The third kappa shape index (κ3) is 5.70. The summed E-state index contributed by atoms with van der Waals surface area (Å²) >= 11 is 1.50. The minimum Gasteiger partial charge on any atom is -0.479 e. The van der Waals surface area contributed by atoms with E-state index < -0.39 is 12.1 Å². The van der Waals surface area contributed by atoms with Gasteiger partial charge in [-0.3, -0.25) is 4.79 Å². The lowest BCUT2D eigenvalue weighted by molar-refractivity contribution is -0.149. The monoisotopic (exact) mass is 277 g/mol. The Balaban J connectivity index is 2.07. The van der Waals surface area contributed by atoms with Crippen LogP contribution in [0.5, 0.6) is 0 Å². The van der Waals surface area contributed by atoms with Crippen molar-refractivity contribution in [1.82, 2.24) is 5.32 Å². The number of carbonyl (C=O) groups is 2. The molecule has 0 radical (unpaired) electrons. The normalized spacial score (nSPS) is 22.9. The zero-order chi connectivity index (χ0) is 13.4. The highest BCUT2D eigenvalue weighted by Gasteiger charge is 2.30. The van der Waals surface area contributed by atoms with Crippen molar-refractivity contribution in [1.29, 1.82) is 0 Å². The van der Waals surface area contributed by atoms with Crippen LogP contribution in [0.4, 0.5) is 0 Å². The maximum absolute atomic E-state index is 11.4. The minimum atomic E-state index is -0.932. The Kier molecular flexibility index (Phi) is 7.07. The van der Waals surface area contributed by atoms with Crippen LogP contribution in [0, 0.1) is 0 Å². The van der Waals surface area contributed by atoms with E-state index >= 15 is 0 Å². The van der Waals surface area contributed by atoms with Crippen LogP contribution in [0.25, 0.3) is 0 Å². The molecule has 0 aromatic carbocycles. The molecule has 18 heavy (non-hydrogen) atoms. The number of ether oxygens (including phenoxy) is 2. The van der Waals surface area contributed by atoms with Gasteiger partial charge in [0, 0.05) is 19.4 Å². The van der Waals surface area contributed by atoms with Crippen molar-refractivity contribution in [2.24, 2.45) is 0 Å². The molecule has 0 saturated carbocycles. The van der Waals surface area contributed by atoms with Crippen LogP contribution in [0.2, 0.25) is 0 Å². The second-order valence-electron chi connectivity index (χ2n) is 4.01. The second kappa shape index (κ2) is 8.34. The number of carboxylic acid groups (broad SMARTS) is 1. The average Bonchev–Trinajstić information content (AvgIpc) is 2.81. The van der Waals surface area contributed by atoms with Gasteiger partial charge in [0.1, 0.15) is 0 Å². The minimum absolute atomic E-state index is 0.0570. The molecule has 1 fully saturated rings. The van der Waals surface area contributed by atoms with E-state index in [1.165, 1.54) is 11.8 Å². The van der Waals surface area contributed by atoms with Gasteiger partial charge in [-0.15, -0.1) is 11.8 Å². The van der Waals surface area contributed by atoms with Crippen LogP contribution in [-0.2, 0) is 19.1 Å². The van der Waals surface area contributed by atoms with Crippen molar-refractivity contribution in [3.63, 3.8) is 0 Å². The van der Waals surface area contributed by atoms with E-state index in [0.29, 0.717) is 31.7 Å². The van der Waals surface area contributed by atoms with Gasteiger partial charge in [-0.2, -0.15) is 0 Å². The van der Waals surface area contributed by atoms with E-state index in [0.717, 1.165) is 5.75 Å². The van der Waals surface area contributed by atoms with Crippen LogP contribution in [0.15, 0.2) is 0 Å². The highest BCUT2D eigenvalue weighted by atomic mass is 32.2. The Labute approximate surface area is 110 Å². The van der Waals surface area contributed by atoms with Gasteiger partial charge >= 0.3 is 5.97 Å². The second-order valence-corrected chi connectivity index (χ2v) is 5.12. The van der Waals surface area contributed by atoms with Crippen LogP contribution >= 0.6 is 11.8 Å². The molecule has 2 N–H and O–H groups in total. The number of aliphatic carboxylic acids is 1. The molecule has 0 bridgehead atoms. The summed E-state index contributed by atoms with van der Waals surface area (Å²) in [4.78, 5) is 22.1. The topological polar surface area (TPSA) is 84.9 Å². The smallest absolute Gasteiger partial charge is 0.332 e. The summed E-state index contributed by atoms with van der Waals surface area (Å²) in [6.45, 7) is 1.01. The number of hydrogen-bond acceptors (Lipinski definition) is 5. The molecule has 2 unspecified atom stereocenters. The van der Waals surface area contributed by atoms with Gasteiger partial charge in [0.05, 0.1) is 18.5 Å². The van der Waals surface area contributed by atoms with Gasteiger partial charge in [-0.1, -0.05) is 0 Å². The van der Waals surface area contributed by atoms with Gasteiger partial charge in [-0.05, 0) is 12.8 Å². The van der Waals surface area contributed by atoms with Gasteiger partial charge < -0.3 is 19.9 Å². The number of nitrogens with one attached hydrogen (secondary N) is 1. The average molecular weight is 277 g/mol. The van der Waals surface area contributed by atoms with Crippen molar-refractivity contribution in [2.75, 3.05) is 31.8 Å². The quantitative estimate of drug-likeness (QED) is 0.613. The van der Waals surface area contributed by atoms with Gasteiger partial charge in [0.25, 0.3) is 0 Å². The van der Waals surface area contributed by atoms with Crippen LogP contribution in [0.3, 0.4) is 0 Å². The Morgan fingerprint density at radius 2 is 2.28 bits per heavy atom. The Bertz CT molecular complexity index is 287. The molecule has 104 valence electrons. The highest BCUT2D eigenvalue weighted by molar-refractivity contribution is 7.99. The maximum atomic E-state index is 11.4. The van der Waals surface area contributed by atoms with E-state index in [-0.39, 0.29) is 12.0 Å². The SMILES string of the molecule is COCCSCC(=O)NCC1CCC(C(=O)O)O1. The summed E-state index contributed by atoms with van der Waals surface area (Å²) < 4.78 is 10.1. The molecule has 0 spiro atoms. The molecule has 1 aliphatic heterocycles. The summed E-state index contributed by atoms with van der Waals surface area (Å²) in [6.07, 6.45) is 0.286. The zero-order valence-corrected chi connectivity index (χ0v) is 11.2. The van der Waals surface area contributed by atoms with E-state index in [2.05, 4.69) is 5.32 Å².